The number of aliphatic carboxylic acids is 1. The van der Waals surface area contributed by atoms with Crippen molar-refractivity contribution in [1.82, 2.24) is 4.90 Å². The van der Waals surface area contributed by atoms with E-state index in [1.54, 1.807) is 12.1 Å². The van der Waals surface area contributed by atoms with Gasteiger partial charge in [-0.3, -0.25) is 19.8 Å². The molecule has 1 atom stereocenters. The summed E-state index contributed by atoms with van der Waals surface area (Å²) in [7, 11) is 1.39. The number of rotatable bonds is 5. The first kappa shape index (κ1) is 17.2. The van der Waals surface area contributed by atoms with Gasteiger partial charge in [0.25, 0.3) is 0 Å². The third-order valence-corrected chi connectivity index (χ3v) is 3.47. The number of nitro groups is 1. The molecule has 8 heteroatoms. The lowest BCUT2D eigenvalue weighted by molar-refractivity contribution is -0.385. The fourth-order valence-corrected chi connectivity index (χ4v) is 2.41. The lowest BCUT2D eigenvalue weighted by atomic mass is 10.1. The number of ether oxygens (including phenoxy) is 1. The van der Waals surface area contributed by atoms with E-state index < -0.39 is 10.9 Å². The van der Waals surface area contributed by atoms with Crippen LogP contribution in [0, 0.1) is 16.0 Å². The third-order valence-electron chi connectivity index (χ3n) is 3.47. The monoisotopic (exact) mass is 316 g/mol. The summed E-state index contributed by atoms with van der Waals surface area (Å²) in [5.74, 6) is -0.903. The minimum atomic E-state index is -0.784. The summed E-state index contributed by atoms with van der Waals surface area (Å²) in [5, 5.41) is 19.9. The highest BCUT2D eigenvalue weighted by molar-refractivity contribution is 5.85. The number of carbonyl (C=O) groups is 1. The molecule has 1 N–H and O–H groups in total. The van der Waals surface area contributed by atoms with E-state index in [0.717, 1.165) is 5.56 Å². The van der Waals surface area contributed by atoms with Gasteiger partial charge in [-0.15, -0.1) is 12.4 Å². The normalized spacial score (nSPS) is 18.0. The van der Waals surface area contributed by atoms with E-state index in [1.165, 1.54) is 13.2 Å². The number of likely N-dealkylation sites (tertiary alicyclic amines) is 1. The molecule has 0 amide bonds. The number of halogens is 1. The van der Waals surface area contributed by atoms with Gasteiger partial charge in [-0.2, -0.15) is 0 Å². The summed E-state index contributed by atoms with van der Waals surface area (Å²) in [5.41, 5.74) is 0.711. The van der Waals surface area contributed by atoms with Gasteiger partial charge in [-0.1, -0.05) is 6.07 Å². The predicted molar refractivity (Wildman–Crippen MR) is 77.9 cm³/mol. The van der Waals surface area contributed by atoms with E-state index >= 15 is 0 Å². The Morgan fingerprint density at radius 3 is 2.81 bits per heavy atom. The van der Waals surface area contributed by atoms with Crippen LogP contribution in [0.15, 0.2) is 18.2 Å². The summed E-state index contributed by atoms with van der Waals surface area (Å²) in [6, 6.07) is 4.81. The van der Waals surface area contributed by atoms with Gasteiger partial charge in [-0.25, -0.2) is 0 Å². The molecule has 21 heavy (non-hydrogen) atoms. The molecule has 1 heterocycles. The first-order chi connectivity index (χ1) is 9.51. The van der Waals surface area contributed by atoms with E-state index in [-0.39, 0.29) is 29.8 Å². The van der Waals surface area contributed by atoms with Crippen molar-refractivity contribution >= 4 is 24.1 Å². The summed E-state index contributed by atoms with van der Waals surface area (Å²) in [4.78, 5) is 23.4. The van der Waals surface area contributed by atoms with Gasteiger partial charge < -0.3 is 9.84 Å². The highest BCUT2D eigenvalue weighted by Crippen LogP contribution is 2.28. The molecule has 1 fully saturated rings. The van der Waals surface area contributed by atoms with Gasteiger partial charge in [0, 0.05) is 19.2 Å². The van der Waals surface area contributed by atoms with E-state index in [0.29, 0.717) is 26.1 Å². The number of nitrogens with zero attached hydrogens (tertiary/aromatic N) is 2. The van der Waals surface area contributed by atoms with E-state index in [4.69, 9.17) is 9.84 Å². The number of hydrogen-bond acceptors (Lipinski definition) is 5. The Balaban J connectivity index is 0.00000220. The van der Waals surface area contributed by atoms with Crippen LogP contribution in [-0.2, 0) is 11.3 Å². The van der Waals surface area contributed by atoms with Crippen LogP contribution in [0.5, 0.6) is 5.75 Å². The SMILES string of the molecule is COc1ccc(CN2CCC(C(=O)O)C2)cc1[N+](=O)[O-].Cl. The van der Waals surface area contributed by atoms with Crippen LogP contribution >= 0.6 is 12.4 Å². The van der Waals surface area contributed by atoms with Gasteiger partial charge in [-0.05, 0) is 24.6 Å². The van der Waals surface area contributed by atoms with Crippen molar-refractivity contribution in [2.75, 3.05) is 20.2 Å². The first-order valence-electron chi connectivity index (χ1n) is 6.27. The summed E-state index contributed by atoms with van der Waals surface area (Å²) < 4.78 is 4.95. The minimum Gasteiger partial charge on any atom is -0.490 e. The molecule has 0 saturated carbocycles. The maximum Gasteiger partial charge on any atom is 0.311 e. The van der Waals surface area contributed by atoms with Gasteiger partial charge in [0.2, 0.25) is 0 Å². The predicted octanol–water partition coefficient (Wildman–Crippen LogP) is 1.93. The molecule has 7 nitrogen and oxygen atoms in total. The molecule has 1 aromatic rings. The fraction of sp³-hybridized carbons (Fsp3) is 0.462. The van der Waals surface area contributed by atoms with Crippen LogP contribution in [0.25, 0.3) is 0 Å². The molecule has 116 valence electrons. The molecule has 1 aromatic carbocycles. The highest BCUT2D eigenvalue weighted by Gasteiger charge is 2.28. The third kappa shape index (κ3) is 4.05. The number of methoxy groups -OCH3 is 1. The standard InChI is InChI=1S/C13H16N2O5.ClH/c1-20-12-3-2-9(6-11(12)15(18)19)7-14-5-4-10(8-14)13(16)17;/h2-3,6,10H,4-5,7-8H2,1H3,(H,16,17);1H. The Hall–Kier alpha value is -1.86. The van der Waals surface area contributed by atoms with Gasteiger partial charge in [0.05, 0.1) is 18.0 Å². The lowest BCUT2D eigenvalue weighted by Crippen LogP contribution is -2.22. The zero-order valence-electron chi connectivity index (χ0n) is 11.5. The van der Waals surface area contributed by atoms with Crippen molar-refractivity contribution in [1.29, 1.82) is 0 Å². The quantitative estimate of drug-likeness (QED) is 0.659. The van der Waals surface area contributed by atoms with Crippen molar-refractivity contribution < 1.29 is 19.6 Å². The number of benzene rings is 1. The van der Waals surface area contributed by atoms with Crippen LogP contribution in [0.2, 0.25) is 0 Å². The summed E-state index contributed by atoms with van der Waals surface area (Å²) >= 11 is 0. The van der Waals surface area contributed by atoms with Crippen molar-refractivity contribution in [3.8, 4) is 5.75 Å². The Bertz CT molecular complexity index is 537. The molecular weight excluding hydrogens is 300 g/mol. The van der Waals surface area contributed by atoms with Crippen molar-refractivity contribution in [2.45, 2.75) is 13.0 Å². The Morgan fingerprint density at radius 1 is 1.57 bits per heavy atom. The van der Waals surface area contributed by atoms with Gasteiger partial charge in [0.15, 0.2) is 5.75 Å². The summed E-state index contributed by atoms with van der Waals surface area (Å²) in [6.07, 6.45) is 0.619. The van der Waals surface area contributed by atoms with Crippen LogP contribution in [0.3, 0.4) is 0 Å². The van der Waals surface area contributed by atoms with E-state index in [2.05, 4.69) is 0 Å². The number of carboxylic acid groups (broad SMARTS) is 1. The second-order valence-corrected chi connectivity index (χ2v) is 4.82. The maximum absolute atomic E-state index is 10.9. The Morgan fingerprint density at radius 2 is 2.29 bits per heavy atom. The zero-order valence-corrected chi connectivity index (χ0v) is 12.3. The van der Waals surface area contributed by atoms with Gasteiger partial charge >= 0.3 is 11.7 Å². The van der Waals surface area contributed by atoms with Crippen LogP contribution in [0.1, 0.15) is 12.0 Å². The topological polar surface area (TPSA) is 92.9 Å². The molecule has 0 radical (unpaired) electrons. The fourth-order valence-electron chi connectivity index (χ4n) is 2.41. The minimum absolute atomic E-state index is 0. The molecule has 0 aromatic heterocycles. The maximum atomic E-state index is 10.9. The first-order valence-corrected chi connectivity index (χ1v) is 6.27. The molecular formula is C13H17ClN2O5. The second-order valence-electron chi connectivity index (χ2n) is 4.82. The molecule has 1 unspecified atom stereocenters. The van der Waals surface area contributed by atoms with Gasteiger partial charge in [0.1, 0.15) is 0 Å². The number of nitro benzene ring substituents is 1. The van der Waals surface area contributed by atoms with Crippen molar-refractivity contribution in [2.24, 2.45) is 5.92 Å². The van der Waals surface area contributed by atoms with Crippen molar-refractivity contribution in [3.05, 3.63) is 33.9 Å². The molecule has 1 aliphatic heterocycles. The van der Waals surface area contributed by atoms with E-state index in [1.807, 2.05) is 4.90 Å². The van der Waals surface area contributed by atoms with Crippen molar-refractivity contribution in [3.63, 3.8) is 0 Å². The molecule has 0 spiro atoms. The number of hydrogen-bond donors (Lipinski definition) is 1. The lowest BCUT2D eigenvalue weighted by Gasteiger charge is -2.15. The van der Waals surface area contributed by atoms with E-state index in [9.17, 15) is 14.9 Å². The molecule has 1 aliphatic rings. The Kier molecular flexibility index (Phi) is 5.92. The zero-order chi connectivity index (χ0) is 14.7. The largest absolute Gasteiger partial charge is 0.490 e. The smallest absolute Gasteiger partial charge is 0.311 e. The molecule has 0 bridgehead atoms. The van der Waals surface area contributed by atoms with Crippen LogP contribution in [0.4, 0.5) is 5.69 Å². The van der Waals surface area contributed by atoms with Crippen LogP contribution in [-0.4, -0.2) is 41.1 Å². The molecule has 0 aliphatic carbocycles. The Labute approximate surface area is 128 Å². The number of carboxylic acids is 1. The second kappa shape index (κ2) is 7.24. The average Bonchev–Trinajstić information content (AvgIpc) is 2.87. The highest BCUT2D eigenvalue weighted by atomic mass is 35.5. The average molecular weight is 317 g/mol. The van der Waals surface area contributed by atoms with Crippen LogP contribution < -0.4 is 4.74 Å². The molecule has 1 saturated heterocycles. The molecule has 2 rings (SSSR count). The summed E-state index contributed by atoms with van der Waals surface area (Å²) in [6.45, 7) is 1.68.